The average Bonchev–Trinajstić information content (AvgIpc) is 2.95. The van der Waals surface area contributed by atoms with Gasteiger partial charge in [-0.15, -0.1) is 0 Å². The van der Waals surface area contributed by atoms with Crippen molar-refractivity contribution in [2.24, 2.45) is 0 Å². The van der Waals surface area contributed by atoms with Crippen LogP contribution in [0.5, 0.6) is 0 Å². The third kappa shape index (κ3) is 3.92. The SMILES string of the molecule is O=C(/C=C\c1ccccc1)C[C@@]1(O)C(=O)N(Cc2ccccc2)c2ccc(Cl)cc21. The monoisotopic (exact) mass is 417 g/mol. The minimum atomic E-state index is -1.95. The van der Waals surface area contributed by atoms with Gasteiger partial charge in [0.05, 0.1) is 18.7 Å². The molecule has 5 heteroatoms. The molecule has 0 fully saturated rings. The van der Waals surface area contributed by atoms with Crippen LogP contribution < -0.4 is 4.90 Å². The van der Waals surface area contributed by atoms with Crippen LogP contribution in [0.4, 0.5) is 5.69 Å². The predicted molar refractivity (Wildman–Crippen MR) is 118 cm³/mol. The number of benzene rings is 3. The molecular formula is C25H20ClNO3. The first-order valence-electron chi connectivity index (χ1n) is 9.62. The van der Waals surface area contributed by atoms with E-state index in [-0.39, 0.29) is 12.2 Å². The number of halogens is 1. The molecule has 4 rings (SSSR count). The maximum Gasteiger partial charge on any atom is 0.264 e. The molecule has 1 amide bonds. The van der Waals surface area contributed by atoms with Gasteiger partial charge in [0.2, 0.25) is 0 Å². The van der Waals surface area contributed by atoms with Gasteiger partial charge >= 0.3 is 0 Å². The number of amides is 1. The van der Waals surface area contributed by atoms with Crippen molar-refractivity contribution >= 4 is 35.1 Å². The zero-order valence-corrected chi connectivity index (χ0v) is 16.9. The summed E-state index contributed by atoms with van der Waals surface area (Å²) < 4.78 is 0. The number of hydrogen-bond donors (Lipinski definition) is 1. The molecule has 1 N–H and O–H groups in total. The Kier molecular flexibility index (Phi) is 5.53. The van der Waals surface area contributed by atoms with E-state index in [1.54, 1.807) is 24.3 Å². The van der Waals surface area contributed by atoms with E-state index in [0.29, 0.717) is 22.8 Å². The summed E-state index contributed by atoms with van der Waals surface area (Å²) in [5.41, 5.74) is 0.761. The summed E-state index contributed by atoms with van der Waals surface area (Å²) in [6, 6.07) is 23.8. The highest BCUT2D eigenvalue weighted by atomic mass is 35.5. The van der Waals surface area contributed by atoms with Gasteiger partial charge in [0.15, 0.2) is 11.4 Å². The number of carbonyl (C=O) groups excluding carboxylic acids is 2. The van der Waals surface area contributed by atoms with E-state index in [1.165, 1.54) is 11.0 Å². The first kappa shape index (κ1) is 20.1. The molecule has 0 saturated carbocycles. The predicted octanol–water partition coefficient (Wildman–Crippen LogP) is 4.75. The maximum absolute atomic E-state index is 13.3. The van der Waals surface area contributed by atoms with Gasteiger partial charge in [-0.3, -0.25) is 9.59 Å². The van der Waals surface area contributed by atoms with E-state index in [2.05, 4.69) is 0 Å². The van der Waals surface area contributed by atoms with E-state index in [0.717, 1.165) is 11.1 Å². The first-order valence-corrected chi connectivity index (χ1v) is 9.99. The number of allylic oxidation sites excluding steroid dienone is 1. The number of anilines is 1. The highest BCUT2D eigenvalue weighted by Crippen LogP contribution is 2.44. The summed E-state index contributed by atoms with van der Waals surface area (Å²) >= 11 is 6.14. The molecule has 1 aliphatic rings. The smallest absolute Gasteiger partial charge is 0.264 e. The van der Waals surface area contributed by atoms with Gasteiger partial charge in [-0.05, 0) is 35.4 Å². The molecule has 0 saturated heterocycles. The molecule has 0 bridgehead atoms. The van der Waals surface area contributed by atoms with Crippen molar-refractivity contribution in [2.45, 2.75) is 18.6 Å². The van der Waals surface area contributed by atoms with Crippen LogP contribution in [0.25, 0.3) is 6.08 Å². The normalized spacial score (nSPS) is 18.1. The highest BCUT2D eigenvalue weighted by Gasteiger charge is 2.50. The molecule has 150 valence electrons. The largest absolute Gasteiger partial charge is 0.375 e. The fourth-order valence-corrected chi connectivity index (χ4v) is 3.85. The zero-order valence-electron chi connectivity index (χ0n) is 16.2. The van der Waals surface area contributed by atoms with Crippen molar-refractivity contribution in [3.05, 3.63) is 107 Å². The van der Waals surface area contributed by atoms with Crippen LogP contribution in [0.2, 0.25) is 5.02 Å². The Hall–Kier alpha value is -3.21. The molecule has 0 unspecified atom stereocenters. The molecule has 30 heavy (non-hydrogen) atoms. The molecule has 4 nitrogen and oxygen atoms in total. The lowest BCUT2D eigenvalue weighted by molar-refractivity contribution is -0.140. The molecule has 1 aliphatic heterocycles. The van der Waals surface area contributed by atoms with Gasteiger partial charge in [0, 0.05) is 10.6 Å². The number of ketones is 1. The maximum atomic E-state index is 13.3. The third-order valence-corrected chi connectivity index (χ3v) is 5.40. The minimum Gasteiger partial charge on any atom is -0.375 e. The Balaban J connectivity index is 1.63. The van der Waals surface area contributed by atoms with Crippen LogP contribution in [0.15, 0.2) is 84.9 Å². The van der Waals surface area contributed by atoms with Crippen molar-refractivity contribution in [3.8, 4) is 0 Å². The summed E-state index contributed by atoms with van der Waals surface area (Å²) in [6.07, 6.45) is 2.71. The quantitative estimate of drug-likeness (QED) is 0.589. The average molecular weight is 418 g/mol. The van der Waals surface area contributed by atoms with Crippen LogP contribution in [0.3, 0.4) is 0 Å². The van der Waals surface area contributed by atoms with E-state index in [4.69, 9.17) is 11.6 Å². The van der Waals surface area contributed by atoms with Crippen LogP contribution in [-0.2, 0) is 21.7 Å². The van der Waals surface area contributed by atoms with Crippen molar-refractivity contribution in [1.82, 2.24) is 0 Å². The fourth-order valence-electron chi connectivity index (χ4n) is 3.68. The number of fused-ring (bicyclic) bond motifs is 1. The molecule has 1 heterocycles. The van der Waals surface area contributed by atoms with Crippen molar-refractivity contribution in [2.75, 3.05) is 4.90 Å². The van der Waals surface area contributed by atoms with Gasteiger partial charge in [-0.2, -0.15) is 0 Å². The van der Waals surface area contributed by atoms with Crippen molar-refractivity contribution < 1.29 is 14.7 Å². The number of aliphatic hydroxyl groups is 1. The van der Waals surface area contributed by atoms with Gasteiger partial charge in [0.1, 0.15) is 0 Å². The molecule has 3 aromatic carbocycles. The standard InChI is InChI=1S/C25H20ClNO3/c26-20-12-14-23-22(15-20)25(30,16-21(28)13-11-18-7-3-1-4-8-18)24(29)27(23)17-19-9-5-2-6-10-19/h1-15,30H,16-17H2/b13-11-/t25-/m0/s1. The number of rotatable bonds is 6. The van der Waals surface area contributed by atoms with E-state index in [1.807, 2.05) is 60.7 Å². The van der Waals surface area contributed by atoms with Gasteiger partial charge in [-0.1, -0.05) is 78.3 Å². The summed E-state index contributed by atoms with van der Waals surface area (Å²) in [7, 11) is 0. The lowest BCUT2D eigenvalue weighted by atomic mass is 9.89. The topological polar surface area (TPSA) is 57.6 Å². The highest BCUT2D eigenvalue weighted by molar-refractivity contribution is 6.31. The van der Waals surface area contributed by atoms with Crippen LogP contribution in [-0.4, -0.2) is 16.8 Å². The number of nitrogens with zero attached hydrogens (tertiary/aromatic N) is 1. The van der Waals surface area contributed by atoms with Gasteiger partial charge < -0.3 is 10.0 Å². The second-order valence-corrected chi connectivity index (χ2v) is 7.72. The molecule has 0 radical (unpaired) electrons. The zero-order chi connectivity index (χ0) is 21.1. The Morgan fingerprint density at radius 1 is 1.00 bits per heavy atom. The van der Waals surface area contributed by atoms with Crippen LogP contribution in [0, 0.1) is 0 Å². The van der Waals surface area contributed by atoms with E-state index < -0.39 is 11.5 Å². The molecular weight excluding hydrogens is 398 g/mol. The first-order chi connectivity index (χ1) is 14.5. The number of carbonyl (C=O) groups is 2. The Bertz CT molecular complexity index is 1110. The van der Waals surface area contributed by atoms with E-state index >= 15 is 0 Å². The van der Waals surface area contributed by atoms with Crippen molar-refractivity contribution in [3.63, 3.8) is 0 Å². The van der Waals surface area contributed by atoms with Gasteiger partial charge in [0.25, 0.3) is 5.91 Å². The van der Waals surface area contributed by atoms with Crippen LogP contribution in [0.1, 0.15) is 23.1 Å². The second kappa shape index (κ2) is 8.27. The Morgan fingerprint density at radius 3 is 2.37 bits per heavy atom. The second-order valence-electron chi connectivity index (χ2n) is 7.29. The fraction of sp³-hybridized carbons (Fsp3) is 0.120. The lowest BCUT2D eigenvalue weighted by Gasteiger charge is -2.22. The van der Waals surface area contributed by atoms with Crippen LogP contribution >= 0.6 is 11.6 Å². The molecule has 0 aliphatic carbocycles. The lowest BCUT2D eigenvalue weighted by Crippen LogP contribution is -2.41. The molecule has 0 aromatic heterocycles. The Morgan fingerprint density at radius 2 is 1.67 bits per heavy atom. The molecule has 1 atom stereocenters. The summed E-state index contributed by atoms with van der Waals surface area (Å²) in [6.45, 7) is 0.296. The van der Waals surface area contributed by atoms with Crippen molar-refractivity contribution in [1.29, 1.82) is 0 Å². The third-order valence-electron chi connectivity index (χ3n) is 5.17. The molecule has 3 aromatic rings. The number of hydrogen-bond acceptors (Lipinski definition) is 3. The summed E-state index contributed by atoms with van der Waals surface area (Å²) in [4.78, 5) is 27.4. The summed E-state index contributed by atoms with van der Waals surface area (Å²) in [5, 5.41) is 11.7. The Labute approximate surface area is 180 Å². The minimum absolute atomic E-state index is 0.296. The van der Waals surface area contributed by atoms with Gasteiger partial charge in [-0.25, -0.2) is 0 Å². The summed E-state index contributed by atoms with van der Waals surface area (Å²) in [5.74, 6) is -0.868. The van der Waals surface area contributed by atoms with E-state index in [9.17, 15) is 14.7 Å². The molecule has 0 spiro atoms.